The molecule has 0 heterocycles. The SMILES string of the molecule is COc1cc(CF)cc(NC(=O)NC(c2ccc(C(=O)O)cc2)c2ccccc2C2CCCCC2)c1. The second-order valence-electron chi connectivity index (χ2n) is 9.13. The van der Waals surface area contributed by atoms with E-state index in [0.717, 1.165) is 24.0 Å². The van der Waals surface area contributed by atoms with E-state index in [4.69, 9.17) is 4.74 Å². The predicted molar refractivity (Wildman–Crippen MR) is 137 cm³/mol. The Morgan fingerprint density at radius 3 is 2.42 bits per heavy atom. The molecule has 2 amide bonds. The highest BCUT2D eigenvalue weighted by Gasteiger charge is 2.25. The average Bonchev–Trinajstić information content (AvgIpc) is 2.92. The third-order valence-electron chi connectivity index (χ3n) is 6.73. The lowest BCUT2D eigenvalue weighted by Crippen LogP contribution is -2.34. The van der Waals surface area contributed by atoms with E-state index in [1.807, 2.05) is 18.2 Å². The van der Waals surface area contributed by atoms with Gasteiger partial charge in [0.1, 0.15) is 12.4 Å². The van der Waals surface area contributed by atoms with Crippen LogP contribution in [-0.2, 0) is 6.67 Å². The molecule has 0 bridgehead atoms. The number of amides is 2. The Morgan fingerprint density at radius 2 is 1.75 bits per heavy atom. The van der Waals surface area contributed by atoms with Crippen LogP contribution in [0.5, 0.6) is 5.75 Å². The highest BCUT2D eigenvalue weighted by Crippen LogP contribution is 2.38. The number of anilines is 1. The summed E-state index contributed by atoms with van der Waals surface area (Å²) in [5.74, 6) is -0.150. The normalized spacial score (nSPS) is 14.6. The second-order valence-corrected chi connectivity index (χ2v) is 9.13. The number of ether oxygens (including phenoxy) is 1. The van der Waals surface area contributed by atoms with Gasteiger partial charge in [-0.15, -0.1) is 0 Å². The van der Waals surface area contributed by atoms with E-state index in [0.29, 0.717) is 22.9 Å². The van der Waals surface area contributed by atoms with Crippen molar-refractivity contribution in [2.45, 2.75) is 50.7 Å². The molecule has 0 aromatic heterocycles. The molecule has 1 aliphatic rings. The first-order valence-corrected chi connectivity index (χ1v) is 12.2. The first kappa shape index (κ1) is 25.2. The van der Waals surface area contributed by atoms with Crippen LogP contribution in [0.2, 0.25) is 0 Å². The Balaban J connectivity index is 1.67. The highest BCUT2D eigenvalue weighted by atomic mass is 19.1. The molecule has 0 saturated heterocycles. The van der Waals surface area contributed by atoms with Gasteiger partial charge in [-0.05, 0) is 65.3 Å². The Labute approximate surface area is 210 Å². The number of rotatable bonds is 8. The molecular formula is C29H31FN2O4. The van der Waals surface area contributed by atoms with Gasteiger partial charge in [0.05, 0.1) is 18.7 Å². The topological polar surface area (TPSA) is 87.7 Å². The Hall–Kier alpha value is -3.87. The summed E-state index contributed by atoms with van der Waals surface area (Å²) in [6, 6.07) is 18.5. The van der Waals surface area contributed by atoms with Crippen LogP contribution in [-0.4, -0.2) is 24.2 Å². The van der Waals surface area contributed by atoms with E-state index in [1.54, 1.807) is 42.5 Å². The molecule has 1 atom stereocenters. The van der Waals surface area contributed by atoms with Gasteiger partial charge >= 0.3 is 12.0 Å². The summed E-state index contributed by atoms with van der Waals surface area (Å²) in [4.78, 5) is 24.6. The zero-order chi connectivity index (χ0) is 25.5. The third kappa shape index (κ3) is 6.03. The molecule has 3 N–H and O–H groups in total. The number of carbonyl (C=O) groups excluding carboxylic acids is 1. The van der Waals surface area contributed by atoms with E-state index in [-0.39, 0.29) is 5.56 Å². The van der Waals surface area contributed by atoms with Crippen molar-refractivity contribution in [2.24, 2.45) is 0 Å². The Kier molecular flexibility index (Phi) is 8.21. The van der Waals surface area contributed by atoms with Gasteiger partial charge in [0.15, 0.2) is 0 Å². The van der Waals surface area contributed by atoms with Crippen LogP contribution in [0.3, 0.4) is 0 Å². The van der Waals surface area contributed by atoms with Crippen molar-refractivity contribution < 1.29 is 23.8 Å². The van der Waals surface area contributed by atoms with Gasteiger partial charge in [0, 0.05) is 11.8 Å². The van der Waals surface area contributed by atoms with Crippen LogP contribution < -0.4 is 15.4 Å². The third-order valence-corrected chi connectivity index (χ3v) is 6.73. The Bertz CT molecular complexity index is 1180. The van der Waals surface area contributed by atoms with Crippen molar-refractivity contribution in [3.63, 3.8) is 0 Å². The molecule has 0 radical (unpaired) electrons. The zero-order valence-corrected chi connectivity index (χ0v) is 20.3. The van der Waals surface area contributed by atoms with Crippen LogP contribution in [0.15, 0.2) is 66.7 Å². The summed E-state index contributed by atoms with van der Waals surface area (Å²) in [6.07, 6.45) is 5.80. The molecule has 0 spiro atoms. The van der Waals surface area contributed by atoms with Crippen LogP contribution in [0.4, 0.5) is 14.9 Å². The number of methoxy groups -OCH3 is 1. The molecule has 3 aromatic carbocycles. The molecule has 0 aliphatic heterocycles. The molecule has 4 rings (SSSR count). The zero-order valence-electron chi connectivity index (χ0n) is 20.3. The number of nitrogens with one attached hydrogen (secondary N) is 2. The molecule has 188 valence electrons. The van der Waals surface area contributed by atoms with E-state index >= 15 is 0 Å². The number of carboxylic acid groups (broad SMARTS) is 1. The van der Waals surface area contributed by atoms with Gasteiger partial charge in [-0.25, -0.2) is 14.0 Å². The number of hydrogen-bond donors (Lipinski definition) is 3. The fraction of sp³-hybridized carbons (Fsp3) is 0.310. The first-order valence-electron chi connectivity index (χ1n) is 12.2. The lowest BCUT2D eigenvalue weighted by Gasteiger charge is -2.28. The molecular weight excluding hydrogens is 459 g/mol. The number of benzene rings is 3. The predicted octanol–water partition coefficient (Wildman–Crippen LogP) is 6.82. The number of urea groups is 1. The summed E-state index contributed by atoms with van der Waals surface area (Å²) < 4.78 is 18.5. The highest BCUT2D eigenvalue weighted by molar-refractivity contribution is 5.90. The smallest absolute Gasteiger partial charge is 0.335 e. The van der Waals surface area contributed by atoms with Gasteiger partial charge in [-0.1, -0.05) is 55.7 Å². The average molecular weight is 491 g/mol. The van der Waals surface area contributed by atoms with E-state index in [1.165, 1.54) is 31.9 Å². The van der Waals surface area contributed by atoms with Crippen LogP contribution >= 0.6 is 0 Å². The van der Waals surface area contributed by atoms with E-state index < -0.39 is 24.7 Å². The summed E-state index contributed by atoms with van der Waals surface area (Å²) in [5, 5.41) is 15.2. The van der Waals surface area contributed by atoms with Crippen molar-refractivity contribution in [3.05, 3.63) is 94.5 Å². The van der Waals surface area contributed by atoms with Crippen molar-refractivity contribution in [3.8, 4) is 5.75 Å². The van der Waals surface area contributed by atoms with Crippen LogP contribution in [0.25, 0.3) is 0 Å². The Morgan fingerprint density at radius 1 is 1.03 bits per heavy atom. The molecule has 36 heavy (non-hydrogen) atoms. The van der Waals surface area contributed by atoms with Gasteiger partial charge in [0.25, 0.3) is 0 Å². The van der Waals surface area contributed by atoms with Crippen LogP contribution in [0, 0.1) is 0 Å². The maximum atomic E-state index is 13.3. The standard InChI is InChI=1S/C29H31FN2O4/c1-36-24-16-19(18-30)15-23(17-24)31-29(35)32-27(21-11-13-22(14-12-21)28(33)34)26-10-6-5-9-25(26)20-7-3-2-4-8-20/h5-6,9-17,20,27H,2-4,7-8,18H2,1H3,(H,33,34)(H2,31,32,35). The summed E-state index contributed by atoms with van der Waals surface area (Å²) in [6.45, 7) is -0.680. The van der Waals surface area contributed by atoms with Crippen LogP contribution in [0.1, 0.15) is 76.7 Å². The van der Waals surface area contributed by atoms with Gasteiger partial charge in [0.2, 0.25) is 0 Å². The van der Waals surface area contributed by atoms with Gasteiger partial charge in [-0.2, -0.15) is 0 Å². The maximum Gasteiger partial charge on any atom is 0.335 e. The number of halogens is 1. The lowest BCUT2D eigenvalue weighted by atomic mass is 9.80. The van der Waals surface area contributed by atoms with Gasteiger partial charge < -0.3 is 20.5 Å². The van der Waals surface area contributed by atoms with Crippen molar-refractivity contribution in [1.82, 2.24) is 5.32 Å². The summed E-state index contributed by atoms with van der Waals surface area (Å²) >= 11 is 0. The minimum atomic E-state index is -1.01. The molecule has 1 unspecified atom stereocenters. The maximum absolute atomic E-state index is 13.3. The summed E-state index contributed by atoms with van der Waals surface area (Å²) in [5.41, 5.74) is 3.95. The molecule has 1 saturated carbocycles. The monoisotopic (exact) mass is 490 g/mol. The first-order chi connectivity index (χ1) is 17.5. The second kappa shape index (κ2) is 11.7. The van der Waals surface area contributed by atoms with Gasteiger partial charge in [-0.3, -0.25) is 0 Å². The number of carboxylic acids is 1. The quantitative estimate of drug-likeness (QED) is 0.323. The van der Waals surface area contributed by atoms with Crippen molar-refractivity contribution in [2.75, 3.05) is 12.4 Å². The summed E-state index contributed by atoms with van der Waals surface area (Å²) in [7, 11) is 1.49. The fourth-order valence-electron chi connectivity index (χ4n) is 4.94. The number of carbonyl (C=O) groups is 2. The lowest BCUT2D eigenvalue weighted by molar-refractivity contribution is 0.0697. The number of hydrogen-bond acceptors (Lipinski definition) is 3. The molecule has 1 fully saturated rings. The number of alkyl halides is 1. The minimum absolute atomic E-state index is 0.178. The largest absolute Gasteiger partial charge is 0.497 e. The molecule has 6 nitrogen and oxygen atoms in total. The fourth-order valence-corrected chi connectivity index (χ4v) is 4.94. The van der Waals surface area contributed by atoms with E-state index in [2.05, 4.69) is 16.7 Å². The number of aromatic carboxylic acids is 1. The molecule has 1 aliphatic carbocycles. The van der Waals surface area contributed by atoms with E-state index in [9.17, 15) is 19.1 Å². The minimum Gasteiger partial charge on any atom is -0.497 e. The van der Waals surface area contributed by atoms with Crippen molar-refractivity contribution in [1.29, 1.82) is 0 Å². The molecule has 3 aromatic rings. The van der Waals surface area contributed by atoms with Crippen molar-refractivity contribution >= 4 is 17.7 Å². The molecule has 7 heteroatoms.